The van der Waals surface area contributed by atoms with Crippen molar-refractivity contribution in [3.8, 4) is 11.5 Å². The highest BCUT2D eigenvalue weighted by atomic mass is 32.2. The second-order valence-corrected chi connectivity index (χ2v) is 9.83. The van der Waals surface area contributed by atoms with Crippen molar-refractivity contribution >= 4 is 40.6 Å². The van der Waals surface area contributed by atoms with Crippen LogP contribution in [0.3, 0.4) is 0 Å². The average Bonchev–Trinajstić information content (AvgIpc) is 3.13. The number of benzene rings is 3. The molecule has 1 saturated heterocycles. The van der Waals surface area contributed by atoms with Crippen LogP contribution < -0.4 is 9.47 Å². The van der Waals surface area contributed by atoms with Gasteiger partial charge in [0.2, 0.25) is 0 Å². The van der Waals surface area contributed by atoms with Crippen LogP contribution in [0.2, 0.25) is 0 Å². The number of ether oxygens (including phenoxy) is 2. The Kier molecular flexibility index (Phi) is 7.69. The third kappa shape index (κ3) is 5.86. The van der Waals surface area contributed by atoms with Gasteiger partial charge in [-0.25, -0.2) is 9.79 Å². The third-order valence-electron chi connectivity index (χ3n) is 5.93. The summed E-state index contributed by atoms with van der Waals surface area (Å²) < 4.78 is 11.4. The zero-order chi connectivity index (χ0) is 26.7. The largest absolute Gasteiger partial charge is 0.493 e. The summed E-state index contributed by atoms with van der Waals surface area (Å²) in [7, 11) is 3.29. The Morgan fingerprint density at radius 2 is 1.70 bits per heavy atom. The van der Waals surface area contributed by atoms with E-state index < -0.39 is 5.97 Å². The fourth-order valence-corrected chi connectivity index (χ4v) is 5.02. The molecule has 1 fully saturated rings. The predicted octanol–water partition coefficient (Wildman–Crippen LogP) is 6.13. The first-order valence-electron chi connectivity index (χ1n) is 11.6. The number of hydrogen-bond acceptors (Lipinski definition) is 6. The lowest BCUT2D eigenvalue weighted by Gasteiger charge is -2.12. The number of aryl methyl sites for hydroxylation is 3. The molecule has 37 heavy (non-hydrogen) atoms. The van der Waals surface area contributed by atoms with Gasteiger partial charge >= 0.3 is 5.97 Å². The van der Waals surface area contributed by atoms with E-state index in [0.29, 0.717) is 21.6 Å². The summed E-state index contributed by atoms with van der Waals surface area (Å²) in [6, 6.07) is 16.2. The van der Waals surface area contributed by atoms with Crippen LogP contribution in [0, 0.1) is 20.8 Å². The molecule has 0 radical (unpaired) electrons. The maximum atomic E-state index is 12.9. The van der Waals surface area contributed by atoms with E-state index >= 15 is 0 Å². The van der Waals surface area contributed by atoms with Crippen molar-refractivity contribution in [3.05, 3.63) is 92.9 Å². The van der Waals surface area contributed by atoms with Gasteiger partial charge < -0.3 is 14.6 Å². The minimum atomic E-state index is -0.970. The van der Waals surface area contributed by atoms with Gasteiger partial charge in [0.1, 0.15) is 6.61 Å². The number of amidine groups is 1. The predicted molar refractivity (Wildman–Crippen MR) is 147 cm³/mol. The summed E-state index contributed by atoms with van der Waals surface area (Å²) in [5.41, 5.74) is 6.06. The number of hydrogen-bond donors (Lipinski definition) is 1. The topological polar surface area (TPSA) is 88.4 Å². The maximum absolute atomic E-state index is 12.9. The summed E-state index contributed by atoms with van der Waals surface area (Å²) in [5.74, 6) is -0.0138. The number of carbonyl (C=O) groups excluding carboxylic acids is 1. The van der Waals surface area contributed by atoms with Crippen LogP contribution in [0.5, 0.6) is 11.5 Å². The number of aromatic carboxylic acids is 1. The standard InChI is InChI=1S/C29H28N2O5S/c1-17-12-18(2)26(19(3)13-17)30-29-31(4)27(32)25(37-29)15-21-8-11-23(24(14-21)35-5)36-16-20-6-9-22(10-7-20)28(33)34/h6-15H,16H2,1-5H3,(H,33,34)/b25-15-,30-29?. The Balaban J connectivity index is 1.52. The molecule has 8 heteroatoms. The molecule has 0 saturated carbocycles. The van der Waals surface area contributed by atoms with Crippen molar-refractivity contribution < 1.29 is 24.2 Å². The number of aliphatic imine (C=N–C) groups is 1. The van der Waals surface area contributed by atoms with Gasteiger partial charge in [-0.3, -0.25) is 9.69 Å². The number of methoxy groups -OCH3 is 1. The Hall–Kier alpha value is -4.04. The van der Waals surface area contributed by atoms with E-state index in [1.807, 2.05) is 32.1 Å². The summed E-state index contributed by atoms with van der Waals surface area (Å²) >= 11 is 1.34. The molecular formula is C29H28N2O5S. The Morgan fingerprint density at radius 1 is 1.03 bits per heavy atom. The van der Waals surface area contributed by atoms with Gasteiger partial charge in [0.05, 0.1) is 23.3 Å². The van der Waals surface area contributed by atoms with E-state index in [4.69, 9.17) is 19.6 Å². The van der Waals surface area contributed by atoms with Gasteiger partial charge in [0, 0.05) is 7.05 Å². The first-order valence-corrected chi connectivity index (χ1v) is 12.4. The maximum Gasteiger partial charge on any atom is 0.335 e. The quantitative estimate of drug-likeness (QED) is 0.380. The van der Waals surface area contributed by atoms with E-state index in [-0.39, 0.29) is 18.1 Å². The number of rotatable bonds is 7. The molecule has 1 aliphatic rings. The highest BCUT2D eigenvalue weighted by Crippen LogP contribution is 2.36. The molecule has 7 nitrogen and oxygen atoms in total. The van der Waals surface area contributed by atoms with Crippen LogP contribution in [0.1, 0.15) is 38.2 Å². The monoisotopic (exact) mass is 516 g/mol. The van der Waals surface area contributed by atoms with Gasteiger partial charge in [0.15, 0.2) is 16.7 Å². The van der Waals surface area contributed by atoms with E-state index in [1.165, 1.54) is 17.3 Å². The van der Waals surface area contributed by atoms with Gasteiger partial charge in [-0.15, -0.1) is 0 Å². The number of nitrogens with zero attached hydrogens (tertiary/aromatic N) is 2. The van der Waals surface area contributed by atoms with Gasteiger partial charge in [-0.05, 0) is 85.1 Å². The molecule has 0 bridgehead atoms. The van der Waals surface area contributed by atoms with Crippen molar-refractivity contribution in [2.75, 3.05) is 14.2 Å². The average molecular weight is 517 g/mol. The van der Waals surface area contributed by atoms with Crippen LogP contribution in [0.4, 0.5) is 5.69 Å². The van der Waals surface area contributed by atoms with Crippen LogP contribution in [-0.2, 0) is 11.4 Å². The lowest BCUT2D eigenvalue weighted by Crippen LogP contribution is -2.23. The van der Waals surface area contributed by atoms with Gasteiger partial charge in [0.25, 0.3) is 5.91 Å². The highest BCUT2D eigenvalue weighted by Gasteiger charge is 2.30. The van der Waals surface area contributed by atoms with Crippen molar-refractivity contribution in [2.45, 2.75) is 27.4 Å². The van der Waals surface area contributed by atoms with Crippen molar-refractivity contribution in [1.82, 2.24) is 4.90 Å². The number of carboxylic acid groups (broad SMARTS) is 1. The van der Waals surface area contributed by atoms with Crippen LogP contribution in [0.15, 0.2) is 64.5 Å². The van der Waals surface area contributed by atoms with Gasteiger partial charge in [-0.1, -0.05) is 35.9 Å². The molecule has 1 heterocycles. The molecule has 0 aliphatic carbocycles. The van der Waals surface area contributed by atoms with Gasteiger partial charge in [-0.2, -0.15) is 0 Å². The van der Waals surface area contributed by atoms with E-state index in [9.17, 15) is 9.59 Å². The lowest BCUT2D eigenvalue weighted by atomic mass is 10.1. The molecule has 1 N–H and O–H groups in total. The number of carbonyl (C=O) groups is 2. The molecule has 0 spiro atoms. The molecule has 0 unspecified atom stereocenters. The number of thioether (sulfide) groups is 1. The summed E-state index contributed by atoms with van der Waals surface area (Å²) in [6.07, 6.45) is 1.82. The second kappa shape index (κ2) is 10.9. The van der Waals surface area contributed by atoms with Crippen LogP contribution in [0.25, 0.3) is 6.08 Å². The molecule has 3 aromatic rings. The SMILES string of the molecule is COc1cc(/C=C2\SC(=Nc3c(C)cc(C)cc3C)N(C)C2=O)ccc1OCc1ccc(C(=O)O)cc1. The number of carboxylic acids is 1. The van der Waals surface area contributed by atoms with E-state index in [2.05, 4.69) is 19.1 Å². The molecular weight excluding hydrogens is 488 g/mol. The molecule has 190 valence electrons. The minimum absolute atomic E-state index is 0.115. The Labute approximate surface area is 220 Å². The Bertz CT molecular complexity index is 1400. The van der Waals surface area contributed by atoms with Crippen molar-refractivity contribution in [1.29, 1.82) is 0 Å². The minimum Gasteiger partial charge on any atom is -0.493 e. The lowest BCUT2D eigenvalue weighted by molar-refractivity contribution is -0.121. The zero-order valence-corrected chi connectivity index (χ0v) is 22.2. The fraction of sp³-hybridized carbons (Fsp3) is 0.207. The molecule has 1 aliphatic heterocycles. The van der Waals surface area contributed by atoms with Crippen LogP contribution >= 0.6 is 11.8 Å². The van der Waals surface area contributed by atoms with E-state index in [1.54, 1.807) is 49.4 Å². The smallest absolute Gasteiger partial charge is 0.335 e. The van der Waals surface area contributed by atoms with Crippen molar-refractivity contribution in [2.24, 2.45) is 4.99 Å². The molecule has 3 aromatic carbocycles. The number of amides is 1. The third-order valence-corrected chi connectivity index (χ3v) is 6.99. The Morgan fingerprint density at radius 3 is 2.32 bits per heavy atom. The highest BCUT2D eigenvalue weighted by molar-refractivity contribution is 8.18. The molecule has 0 aromatic heterocycles. The van der Waals surface area contributed by atoms with E-state index in [0.717, 1.165) is 27.9 Å². The molecule has 4 rings (SSSR count). The van der Waals surface area contributed by atoms with Crippen molar-refractivity contribution in [3.63, 3.8) is 0 Å². The first-order chi connectivity index (χ1) is 17.7. The second-order valence-electron chi connectivity index (χ2n) is 8.82. The fourth-order valence-electron chi connectivity index (χ4n) is 4.05. The first kappa shape index (κ1) is 26.0. The summed E-state index contributed by atoms with van der Waals surface area (Å²) in [5, 5.41) is 9.67. The summed E-state index contributed by atoms with van der Waals surface area (Å²) in [4.78, 5) is 30.9. The normalized spacial score (nSPS) is 15.5. The summed E-state index contributed by atoms with van der Waals surface area (Å²) in [6.45, 7) is 6.37. The van der Waals surface area contributed by atoms with Crippen LogP contribution in [-0.4, -0.2) is 41.2 Å². The zero-order valence-electron chi connectivity index (χ0n) is 21.4. The number of likely N-dealkylation sites (N-methyl/N-ethyl adjacent to an activating group) is 1. The molecule has 1 amide bonds. The molecule has 0 atom stereocenters.